The van der Waals surface area contributed by atoms with E-state index in [1.54, 1.807) is 10.4 Å². The van der Waals surface area contributed by atoms with E-state index in [9.17, 15) is 8.42 Å². The number of aryl methyl sites for hydroxylation is 1. The van der Waals surface area contributed by atoms with Gasteiger partial charge < -0.3 is 4.74 Å². The van der Waals surface area contributed by atoms with E-state index in [1.807, 2.05) is 26.0 Å². The van der Waals surface area contributed by atoms with E-state index in [-0.39, 0.29) is 6.10 Å². The Morgan fingerprint density at radius 3 is 2.57 bits per heavy atom. The van der Waals surface area contributed by atoms with Crippen LogP contribution in [0.3, 0.4) is 0 Å². The van der Waals surface area contributed by atoms with Crippen LogP contribution in [0.4, 0.5) is 0 Å². The van der Waals surface area contributed by atoms with Crippen LogP contribution in [0, 0.1) is 6.92 Å². The van der Waals surface area contributed by atoms with E-state index in [0.29, 0.717) is 30.5 Å². The third kappa shape index (κ3) is 3.77. The van der Waals surface area contributed by atoms with Crippen molar-refractivity contribution in [2.75, 3.05) is 19.7 Å². The third-order valence-electron chi connectivity index (χ3n) is 3.83. The second-order valence-electron chi connectivity index (χ2n) is 5.29. The van der Waals surface area contributed by atoms with Crippen LogP contribution in [0.15, 0.2) is 23.1 Å². The van der Waals surface area contributed by atoms with Gasteiger partial charge in [-0.1, -0.05) is 12.1 Å². The summed E-state index contributed by atoms with van der Waals surface area (Å²) in [6, 6.07) is 5.37. The number of ether oxygens (including phenoxy) is 1. The van der Waals surface area contributed by atoms with Crippen molar-refractivity contribution in [1.29, 1.82) is 0 Å². The Balaban J connectivity index is 2.19. The zero-order valence-corrected chi connectivity index (χ0v) is 14.1. The lowest BCUT2D eigenvalue weighted by Gasteiger charge is -2.31. The minimum atomic E-state index is -3.44. The van der Waals surface area contributed by atoms with E-state index >= 15 is 0 Å². The first-order valence-electron chi connectivity index (χ1n) is 7.26. The van der Waals surface area contributed by atoms with Gasteiger partial charge in [-0.15, -0.1) is 11.6 Å². The molecule has 1 fully saturated rings. The molecule has 0 aliphatic carbocycles. The van der Waals surface area contributed by atoms with E-state index in [2.05, 4.69) is 0 Å². The fourth-order valence-electron chi connectivity index (χ4n) is 2.62. The molecule has 0 N–H and O–H groups in total. The summed E-state index contributed by atoms with van der Waals surface area (Å²) in [4.78, 5) is 0.371. The molecule has 0 spiro atoms. The van der Waals surface area contributed by atoms with Crippen LogP contribution < -0.4 is 0 Å². The average Bonchev–Trinajstić information content (AvgIpc) is 2.48. The van der Waals surface area contributed by atoms with Gasteiger partial charge in [0.1, 0.15) is 0 Å². The van der Waals surface area contributed by atoms with Crippen molar-refractivity contribution >= 4 is 21.6 Å². The molecule has 2 rings (SSSR count). The predicted molar refractivity (Wildman–Crippen MR) is 84.1 cm³/mol. The maximum absolute atomic E-state index is 12.8. The van der Waals surface area contributed by atoms with E-state index in [0.717, 1.165) is 24.0 Å². The number of sulfonamides is 1. The molecule has 118 valence electrons. The van der Waals surface area contributed by atoms with Crippen LogP contribution in [0.5, 0.6) is 0 Å². The lowest BCUT2D eigenvalue weighted by atomic mass is 10.1. The average molecular weight is 332 g/mol. The number of alkyl halides is 1. The number of rotatable bonds is 5. The highest BCUT2D eigenvalue weighted by Gasteiger charge is 2.30. The Morgan fingerprint density at radius 1 is 1.33 bits per heavy atom. The molecule has 0 aromatic heterocycles. The Kier molecular flexibility index (Phi) is 5.66. The number of nitrogens with zero attached hydrogens (tertiary/aromatic N) is 1. The zero-order valence-electron chi connectivity index (χ0n) is 12.5. The molecular weight excluding hydrogens is 310 g/mol. The first-order chi connectivity index (χ1) is 9.98. The summed E-state index contributed by atoms with van der Waals surface area (Å²) in [6.45, 7) is 5.48. The molecule has 1 aliphatic heterocycles. The van der Waals surface area contributed by atoms with Crippen molar-refractivity contribution in [2.45, 2.75) is 43.6 Å². The molecule has 1 heterocycles. The van der Waals surface area contributed by atoms with Crippen LogP contribution in [0.2, 0.25) is 0 Å². The number of hydrogen-bond acceptors (Lipinski definition) is 3. The van der Waals surface area contributed by atoms with Gasteiger partial charge in [-0.2, -0.15) is 4.31 Å². The molecule has 0 unspecified atom stereocenters. The zero-order chi connectivity index (χ0) is 15.5. The summed E-state index contributed by atoms with van der Waals surface area (Å²) in [5.41, 5.74) is 1.58. The molecule has 1 aromatic carbocycles. The molecule has 4 nitrogen and oxygen atoms in total. The van der Waals surface area contributed by atoms with Crippen LogP contribution in [-0.2, 0) is 20.6 Å². The second-order valence-corrected chi connectivity index (χ2v) is 7.47. The number of piperidine rings is 1. The Morgan fingerprint density at radius 2 is 2.00 bits per heavy atom. The van der Waals surface area contributed by atoms with Gasteiger partial charge in [0.05, 0.1) is 11.0 Å². The molecule has 6 heteroatoms. The van der Waals surface area contributed by atoms with Crippen molar-refractivity contribution in [3.63, 3.8) is 0 Å². The molecule has 0 radical (unpaired) electrons. The van der Waals surface area contributed by atoms with Crippen molar-refractivity contribution in [3.05, 3.63) is 29.3 Å². The van der Waals surface area contributed by atoms with E-state index in [4.69, 9.17) is 16.3 Å². The Labute approximate surface area is 132 Å². The van der Waals surface area contributed by atoms with Gasteiger partial charge in [0.15, 0.2) is 0 Å². The molecule has 1 aliphatic rings. The van der Waals surface area contributed by atoms with Crippen LogP contribution in [0.1, 0.15) is 30.9 Å². The Bertz CT molecular complexity index is 581. The Hall–Kier alpha value is -0.620. The minimum absolute atomic E-state index is 0.178. The molecular formula is C15H22ClNO3S. The minimum Gasteiger partial charge on any atom is -0.378 e. The highest BCUT2D eigenvalue weighted by atomic mass is 35.5. The highest BCUT2D eigenvalue weighted by molar-refractivity contribution is 7.89. The quantitative estimate of drug-likeness (QED) is 0.779. The molecule has 1 saturated heterocycles. The number of halogens is 1. The fourth-order valence-corrected chi connectivity index (χ4v) is 4.53. The summed E-state index contributed by atoms with van der Waals surface area (Å²) in [5, 5.41) is 0. The van der Waals surface area contributed by atoms with E-state index < -0.39 is 10.0 Å². The van der Waals surface area contributed by atoms with Gasteiger partial charge in [0.2, 0.25) is 10.0 Å². The highest BCUT2D eigenvalue weighted by Crippen LogP contribution is 2.25. The summed E-state index contributed by atoms with van der Waals surface area (Å²) in [6.07, 6.45) is 1.68. The second kappa shape index (κ2) is 7.09. The van der Waals surface area contributed by atoms with E-state index in [1.165, 1.54) is 0 Å². The largest absolute Gasteiger partial charge is 0.378 e. The summed E-state index contributed by atoms with van der Waals surface area (Å²) >= 11 is 5.82. The van der Waals surface area contributed by atoms with Gasteiger partial charge in [0, 0.05) is 25.6 Å². The first kappa shape index (κ1) is 16.7. The van der Waals surface area contributed by atoms with Crippen molar-refractivity contribution in [2.24, 2.45) is 0 Å². The summed E-state index contributed by atoms with van der Waals surface area (Å²) in [5.74, 6) is 0.315. The van der Waals surface area contributed by atoms with Crippen LogP contribution in [-0.4, -0.2) is 38.5 Å². The molecule has 0 bridgehead atoms. The topological polar surface area (TPSA) is 46.6 Å². The van der Waals surface area contributed by atoms with Gasteiger partial charge in [0.25, 0.3) is 0 Å². The van der Waals surface area contributed by atoms with Crippen molar-refractivity contribution < 1.29 is 13.2 Å². The van der Waals surface area contributed by atoms with Gasteiger partial charge in [-0.3, -0.25) is 0 Å². The lowest BCUT2D eigenvalue weighted by molar-refractivity contribution is 0.0290. The van der Waals surface area contributed by atoms with Gasteiger partial charge >= 0.3 is 0 Å². The number of benzene rings is 1. The molecule has 1 aromatic rings. The van der Waals surface area contributed by atoms with Gasteiger partial charge in [-0.25, -0.2) is 8.42 Å². The SMILES string of the molecule is CCOC1CCN(S(=O)(=O)c2cc(CCl)ccc2C)CC1. The maximum Gasteiger partial charge on any atom is 0.243 e. The number of hydrogen-bond donors (Lipinski definition) is 0. The third-order valence-corrected chi connectivity index (χ3v) is 6.18. The smallest absolute Gasteiger partial charge is 0.243 e. The molecule has 0 atom stereocenters. The maximum atomic E-state index is 12.8. The van der Waals surface area contributed by atoms with Crippen molar-refractivity contribution in [1.82, 2.24) is 4.31 Å². The van der Waals surface area contributed by atoms with Gasteiger partial charge in [-0.05, 0) is 43.9 Å². The summed E-state index contributed by atoms with van der Waals surface area (Å²) < 4.78 is 32.7. The van der Waals surface area contributed by atoms with Crippen molar-refractivity contribution in [3.8, 4) is 0 Å². The van der Waals surface area contributed by atoms with Crippen LogP contribution in [0.25, 0.3) is 0 Å². The standard InChI is InChI=1S/C15H22ClNO3S/c1-3-20-14-6-8-17(9-7-14)21(18,19)15-10-13(11-16)5-4-12(15)2/h4-5,10,14H,3,6-9,11H2,1-2H3. The predicted octanol–water partition coefficient (Wildman–Crippen LogP) is 2.92. The normalized spacial score (nSPS) is 18.0. The molecule has 21 heavy (non-hydrogen) atoms. The molecule has 0 amide bonds. The lowest BCUT2D eigenvalue weighted by Crippen LogP contribution is -2.41. The fraction of sp³-hybridized carbons (Fsp3) is 0.600. The summed E-state index contributed by atoms with van der Waals surface area (Å²) in [7, 11) is -3.44. The van der Waals surface area contributed by atoms with Crippen LogP contribution >= 0.6 is 11.6 Å². The monoisotopic (exact) mass is 331 g/mol. The molecule has 0 saturated carbocycles. The first-order valence-corrected chi connectivity index (χ1v) is 9.23.